The molecular weight excluding hydrogens is 200 g/mol. The van der Waals surface area contributed by atoms with Gasteiger partial charge in [-0.25, -0.2) is 0 Å². The number of hydrogen-bond acceptors (Lipinski definition) is 2. The summed E-state index contributed by atoms with van der Waals surface area (Å²) in [7, 11) is 1.64. The number of ketones is 1. The molecule has 1 saturated carbocycles. The summed E-state index contributed by atoms with van der Waals surface area (Å²) in [5.74, 6) is 1.44. The molecule has 2 nitrogen and oxygen atoms in total. The molecule has 1 aromatic carbocycles. The molecule has 0 bridgehead atoms. The van der Waals surface area contributed by atoms with E-state index in [1.54, 1.807) is 7.11 Å². The Hall–Kier alpha value is -1.31. The number of carbonyl (C=O) groups excluding carboxylic acids is 1. The van der Waals surface area contributed by atoms with Crippen LogP contribution in [0.5, 0.6) is 5.75 Å². The third-order valence-corrected chi connectivity index (χ3v) is 3.41. The van der Waals surface area contributed by atoms with Gasteiger partial charge in [0.2, 0.25) is 0 Å². The smallest absolute Gasteiger partial charge is 0.140 e. The van der Waals surface area contributed by atoms with Gasteiger partial charge >= 0.3 is 0 Å². The molecule has 0 aromatic heterocycles. The van der Waals surface area contributed by atoms with Crippen LogP contribution in [0.15, 0.2) is 24.3 Å². The first-order valence-electron chi connectivity index (χ1n) is 5.68. The quantitative estimate of drug-likeness (QED) is 0.776. The average molecular weight is 218 g/mol. The van der Waals surface area contributed by atoms with Crippen molar-refractivity contribution in [1.82, 2.24) is 0 Å². The van der Waals surface area contributed by atoms with Gasteiger partial charge in [0, 0.05) is 12.3 Å². The van der Waals surface area contributed by atoms with Crippen molar-refractivity contribution >= 4 is 5.78 Å². The molecule has 1 aliphatic carbocycles. The van der Waals surface area contributed by atoms with E-state index in [-0.39, 0.29) is 11.3 Å². The second-order valence-electron chi connectivity index (χ2n) is 5.24. The highest BCUT2D eigenvalue weighted by atomic mass is 16.5. The molecule has 1 unspecified atom stereocenters. The number of methoxy groups -OCH3 is 1. The SMILES string of the molecule is COc1cccc(CC(=O)C2CC2(C)C)c1. The fraction of sp³-hybridized carbons (Fsp3) is 0.500. The maximum Gasteiger partial charge on any atom is 0.140 e. The van der Waals surface area contributed by atoms with Gasteiger partial charge in [-0.15, -0.1) is 0 Å². The third-order valence-electron chi connectivity index (χ3n) is 3.41. The van der Waals surface area contributed by atoms with Crippen LogP contribution in [0.1, 0.15) is 25.8 Å². The Kier molecular flexibility index (Phi) is 2.75. The zero-order chi connectivity index (χ0) is 11.8. The van der Waals surface area contributed by atoms with E-state index in [0.29, 0.717) is 12.2 Å². The van der Waals surface area contributed by atoms with E-state index < -0.39 is 0 Å². The number of carbonyl (C=O) groups is 1. The molecule has 1 atom stereocenters. The van der Waals surface area contributed by atoms with Gasteiger partial charge in [0.25, 0.3) is 0 Å². The summed E-state index contributed by atoms with van der Waals surface area (Å²) >= 11 is 0. The fourth-order valence-electron chi connectivity index (χ4n) is 2.12. The van der Waals surface area contributed by atoms with E-state index in [1.807, 2.05) is 24.3 Å². The largest absolute Gasteiger partial charge is 0.497 e. The summed E-state index contributed by atoms with van der Waals surface area (Å²) in [6.07, 6.45) is 1.57. The second kappa shape index (κ2) is 3.93. The Balaban J connectivity index is 2.01. The molecule has 0 N–H and O–H groups in total. The first-order chi connectivity index (χ1) is 7.53. The van der Waals surface area contributed by atoms with Gasteiger partial charge in [0.15, 0.2) is 0 Å². The van der Waals surface area contributed by atoms with E-state index in [9.17, 15) is 4.79 Å². The maximum absolute atomic E-state index is 11.9. The molecule has 86 valence electrons. The zero-order valence-electron chi connectivity index (χ0n) is 10.1. The lowest BCUT2D eigenvalue weighted by Crippen LogP contribution is -2.09. The lowest BCUT2D eigenvalue weighted by molar-refractivity contribution is -0.120. The third kappa shape index (κ3) is 2.26. The molecule has 0 amide bonds. The minimum atomic E-state index is 0.232. The molecule has 16 heavy (non-hydrogen) atoms. The van der Waals surface area contributed by atoms with Crippen molar-refractivity contribution in [3.63, 3.8) is 0 Å². The monoisotopic (exact) mass is 218 g/mol. The minimum absolute atomic E-state index is 0.232. The van der Waals surface area contributed by atoms with E-state index >= 15 is 0 Å². The van der Waals surface area contributed by atoms with Crippen molar-refractivity contribution in [3.05, 3.63) is 29.8 Å². The molecule has 0 saturated heterocycles. The standard InChI is InChI=1S/C14H18O2/c1-14(2)9-12(14)13(15)8-10-5-4-6-11(7-10)16-3/h4-7,12H,8-9H2,1-3H3. The molecule has 1 aliphatic rings. The van der Waals surface area contributed by atoms with Gasteiger partial charge in [0.05, 0.1) is 7.11 Å². The molecule has 0 heterocycles. The zero-order valence-corrected chi connectivity index (χ0v) is 10.1. The van der Waals surface area contributed by atoms with Gasteiger partial charge < -0.3 is 4.74 Å². The Morgan fingerprint density at radius 1 is 1.50 bits per heavy atom. The molecule has 0 radical (unpaired) electrons. The summed E-state index contributed by atoms with van der Waals surface area (Å²) in [5.41, 5.74) is 1.28. The highest BCUT2D eigenvalue weighted by Crippen LogP contribution is 2.52. The van der Waals surface area contributed by atoms with Crippen molar-refractivity contribution in [2.75, 3.05) is 7.11 Å². The van der Waals surface area contributed by atoms with E-state index in [4.69, 9.17) is 4.74 Å². The highest BCUT2D eigenvalue weighted by molar-refractivity contribution is 5.86. The summed E-state index contributed by atoms with van der Waals surface area (Å²) < 4.78 is 5.14. The number of ether oxygens (including phenoxy) is 1. The summed E-state index contributed by atoms with van der Waals surface area (Å²) in [6, 6.07) is 7.75. The lowest BCUT2D eigenvalue weighted by Gasteiger charge is -2.05. The summed E-state index contributed by atoms with van der Waals surface area (Å²) in [6.45, 7) is 4.31. The molecule has 1 fully saturated rings. The van der Waals surface area contributed by atoms with Crippen LogP contribution in [-0.4, -0.2) is 12.9 Å². The number of Topliss-reactive ketones (excluding diaryl/α,β-unsaturated/α-hetero) is 1. The fourth-order valence-corrected chi connectivity index (χ4v) is 2.12. The predicted molar refractivity (Wildman–Crippen MR) is 63.6 cm³/mol. The van der Waals surface area contributed by atoms with E-state index in [1.165, 1.54) is 0 Å². The number of rotatable bonds is 4. The van der Waals surface area contributed by atoms with Gasteiger partial charge in [-0.1, -0.05) is 26.0 Å². The topological polar surface area (TPSA) is 26.3 Å². The van der Waals surface area contributed by atoms with Crippen LogP contribution in [0.4, 0.5) is 0 Å². The van der Waals surface area contributed by atoms with Gasteiger partial charge in [-0.2, -0.15) is 0 Å². The minimum Gasteiger partial charge on any atom is -0.497 e. The Labute approximate surface area is 96.6 Å². The number of benzene rings is 1. The molecule has 2 heteroatoms. The molecule has 0 spiro atoms. The normalized spacial score (nSPS) is 21.6. The Morgan fingerprint density at radius 2 is 2.19 bits per heavy atom. The average Bonchev–Trinajstić information content (AvgIpc) is 2.88. The first kappa shape index (κ1) is 11.2. The lowest BCUT2D eigenvalue weighted by atomic mass is 10.0. The van der Waals surface area contributed by atoms with Crippen LogP contribution in [0.2, 0.25) is 0 Å². The van der Waals surface area contributed by atoms with Crippen LogP contribution >= 0.6 is 0 Å². The maximum atomic E-state index is 11.9. The molecule has 1 aromatic rings. The Bertz CT molecular complexity index is 407. The van der Waals surface area contributed by atoms with Crippen LogP contribution in [0, 0.1) is 11.3 Å². The summed E-state index contributed by atoms with van der Waals surface area (Å²) in [5, 5.41) is 0. The van der Waals surface area contributed by atoms with Crippen molar-refractivity contribution in [3.8, 4) is 5.75 Å². The van der Waals surface area contributed by atoms with Crippen molar-refractivity contribution in [2.24, 2.45) is 11.3 Å². The Morgan fingerprint density at radius 3 is 2.75 bits per heavy atom. The van der Waals surface area contributed by atoms with Crippen molar-refractivity contribution in [1.29, 1.82) is 0 Å². The summed E-state index contributed by atoms with van der Waals surface area (Å²) in [4.78, 5) is 11.9. The van der Waals surface area contributed by atoms with Crippen LogP contribution in [0.25, 0.3) is 0 Å². The molecular formula is C14H18O2. The van der Waals surface area contributed by atoms with Gasteiger partial charge in [-0.3, -0.25) is 4.79 Å². The predicted octanol–water partition coefficient (Wildman–Crippen LogP) is 2.85. The van der Waals surface area contributed by atoms with Crippen LogP contribution in [-0.2, 0) is 11.2 Å². The van der Waals surface area contributed by atoms with E-state index in [0.717, 1.165) is 17.7 Å². The van der Waals surface area contributed by atoms with Crippen molar-refractivity contribution in [2.45, 2.75) is 26.7 Å². The molecule has 2 rings (SSSR count). The highest BCUT2D eigenvalue weighted by Gasteiger charge is 2.49. The second-order valence-corrected chi connectivity index (χ2v) is 5.24. The number of hydrogen-bond donors (Lipinski definition) is 0. The van der Waals surface area contributed by atoms with Crippen LogP contribution in [0.3, 0.4) is 0 Å². The van der Waals surface area contributed by atoms with Crippen LogP contribution < -0.4 is 4.74 Å². The van der Waals surface area contributed by atoms with Gasteiger partial charge in [-0.05, 0) is 29.5 Å². The van der Waals surface area contributed by atoms with Gasteiger partial charge in [0.1, 0.15) is 11.5 Å². The van der Waals surface area contributed by atoms with Crippen molar-refractivity contribution < 1.29 is 9.53 Å². The molecule has 0 aliphatic heterocycles. The first-order valence-corrected chi connectivity index (χ1v) is 5.68. The van der Waals surface area contributed by atoms with E-state index in [2.05, 4.69) is 13.8 Å².